The molecule has 0 aliphatic carbocycles. The van der Waals surface area contributed by atoms with Crippen LogP contribution >= 0.6 is 11.8 Å². The minimum Gasteiger partial charge on any atom is -0.370 e. The molecule has 0 aromatic rings. The van der Waals surface area contributed by atoms with E-state index in [4.69, 9.17) is 5.73 Å². The van der Waals surface area contributed by atoms with Crippen molar-refractivity contribution in [3.63, 3.8) is 0 Å². The van der Waals surface area contributed by atoms with E-state index in [9.17, 15) is 0 Å². The van der Waals surface area contributed by atoms with Gasteiger partial charge in [0, 0.05) is 10.8 Å². The van der Waals surface area contributed by atoms with Gasteiger partial charge in [-0.05, 0) is 38.9 Å². The number of aliphatic imine (C=N–C) groups is 1. The number of nitrogens with zero attached hydrogens (tertiary/aromatic N) is 1. The number of rotatable bonds is 4. The van der Waals surface area contributed by atoms with E-state index in [1.165, 1.54) is 18.6 Å². The Balaban J connectivity index is 2.35. The number of guanidine groups is 1. The molecule has 2 unspecified atom stereocenters. The molecule has 2 atom stereocenters. The molecule has 3 N–H and O–H groups in total. The summed E-state index contributed by atoms with van der Waals surface area (Å²) in [5.74, 6) is 1.86. The van der Waals surface area contributed by atoms with E-state index in [-0.39, 0.29) is 0 Å². The molecular formula is C11H23N3S. The molecular weight excluding hydrogens is 206 g/mol. The van der Waals surface area contributed by atoms with Crippen molar-refractivity contribution >= 4 is 17.7 Å². The Hall–Kier alpha value is -0.380. The minimum atomic E-state index is 0.321. The van der Waals surface area contributed by atoms with Gasteiger partial charge in [0.1, 0.15) is 0 Å². The van der Waals surface area contributed by atoms with Gasteiger partial charge in [-0.3, -0.25) is 4.99 Å². The van der Waals surface area contributed by atoms with Gasteiger partial charge in [0.05, 0.1) is 6.54 Å². The monoisotopic (exact) mass is 229 g/mol. The second-order valence-corrected chi connectivity index (χ2v) is 6.24. The maximum absolute atomic E-state index is 5.82. The fraction of sp³-hybridized carbons (Fsp3) is 0.909. The molecule has 0 radical (unpaired) electrons. The lowest BCUT2D eigenvalue weighted by atomic mass is 10.1. The highest BCUT2D eigenvalue weighted by molar-refractivity contribution is 8.00. The molecule has 1 fully saturated rings. The van der Waals surface area contributed by atoms with Crippen LogP contribution in [0.15, 0.2) is 4.99 Å². The Morgan fingerprint density at radius 2 is 2.40 bits per heavy atom. The zero-order valence-corrected chi connectivity index (χ0v) is 10.9. The summed E-state index contributed by atoms with van der Waals surface area (Å²) in [6, 6.07) is 0.415. The number of thioether (sulfide) groups is 1. The topological polar surface area (TPSA) is 50.4 Å². The Labute approximate surface area is 97.3 Å². The van der Waals surface area contributed by atoms with Crippen molar-refractivity contribution in [2.75, 3.05) is 12.3 Å². The van der Waals surface area contributed by atoms with E-state index < -0.39 is 0 Å². The summed E-state index contributed by atoms with van der Waals surface area (Å²) in [6.45, 7) is 7.38. The molecule has 1 aliphatic rings. The highest BCUT2D eigenvalue weighted by Gasteiger charge is 2.28. The molecule has 1 rings (SSSR count). The molecule has 0 saturated carbocycles. The van der Waals surface area contributed by atoms with Crippen LogP contribution in [0.25, 0.3) is 0 Å². The largest absolute Gasteiger partial charge is 0.370 e. The number of hydrogen-bond donors (Lipinski definition) is 2. The Morgan fingerprint density at radius 3 is 2.93 bits per heavy atom. The van der Waals surface area contributed by atoms with Gasteiger partial charge in [-0.25, -0.2) is 0 Å². The van der Waals surface area contributed by atoms with Crippen LogP contribution in [-0.2, 0) is 0 Å². The summed E-state index contributed by atoms with van der Waals surface area (Å²) in [6.07, 6.45) is 3.65. The third-order valence-corrected chi connectivity index (χ3v) is 4.41. The second-order valence-electron chi connectivity index (χ2n) is 4.56. The van der Waals surface area contributed by atoms with Crippen LogP contribution in [0.1, 0.15) is 40.0 Å². The van der Waals surface area contributed by atoms with Crippen LogP contribution in [0.3, 0.4) is 0 Å². The highest BCUT2D eigenvalue weighted by Crippen LogP contribution is 2.37. The molecule has 0 amide bonds. The van der Waals surface area contributed by atoms with Gasteiger partial charge in [-0.15, -0.1) is 0 Å². The lowest BCUT2D eigenvalue weighted by molar-refractivity contribution is 0.606. The SMILES string of the molecule is CCC(C)NC(N)=NCC1(C)CCCS1. The molecule has 1 aliphatic heterocycles. The van der Waals surface area contributed by atoms with Gasteiger partial charge in [0.25, 0.3) is 0 Å². The minimum absolute atomic E-state index is 0.321. The molecule has 0 bridgehead atoms. The van der Waals surface area contributed by atoms with E-state index in [0.29, 0.717) is 16.7 Å². The first-order chi connectivity index (χ1) is 7.06. The van der Waals surface area contributed by atoms with Gasteiger partial charge in [0.2, 0.25) is 0 Å². The fourth-order valence-electron chi connectivity index (χ4n) is 1.61. The van der Waals surface area contributed by atoms with Crippen molar-refractivity contribution in [2.45, 2.75) is 50.8 Å². The standard InChI is InChI=1S/C11H23N3S/c1-4-9(2)14-10(12)13-8-11(3)6-5-7-15-11/h9H,4-8H2,1-3H3,(H3,12,13,14). The molecule has 0 aromatic heterocycles. The first-order valence-electron chi connectivity index (χ1n) is 5.76. The first kappa shape index (κ1) is 12.7. The Morgan fingerprint density at radius 1 is 1.67 bits per heavy atom. The zero-order chi connectivity index (χ0) is 11.3. The summed E-state index contributed by atoms with van der Waals surface area (Å²) in [7, 11) is 0. The average Bonchev–Trinajstić information content (AvgIpc) is 2.63. The second kappa shape index (κ2) is 5.64. The first-order valence-corrected chi connectivity index (χ1v) is 6.75. The van der Waals surface area contributed by atoms with Crippen LogP contribution in [-0.4, -0.2) is 29.0 Å². The maximum Gasteiger partial charge on any atom is 0.188 e. The van der Waals surface area contributed by atoms with Crippen LogP contribution in [0, 0.1) is 0 Å². The van der Waals surface area contributed by atoms with Gasteiger partial charge in [-0.2, -0.15) is 11.8 Å². The summed E-state index contributed by atoms with van der Waals surface area (Å²) in [4.78, 5) is 4.43. The highest BCUT2D eigenvalue weighted by atomic mass is 32.2. The van der Waals surface area contributed by atoms with Crippen LogP contribution in [0.4, 0.5) is 0 Å². The molecule has 0 spiro atoms. The Bertz CT molecular complexity index is 222. The predicted molar refractivity (Wildman–Crippen MR) is 69.5 cm³/mol. The average molecular weight is 229 g/mol. The van der Waals surface area contributed by atoms with Gasteiger partial charge >= 0.3 is 0 Å². The zero-order valence-electron chi connectivity index (χ0n) is 10.0. The van der Waals surface area contributed by atoms with Crippen molar-refractivity contribution in [3.8, 4) is 0 Å². The number of hydrogen-bond acceptors (Lipinski definition) is 2. The molecule has 88 valence electrons. The van der Waals surface area contributed by atoms with E-state index in [2.05, 4.69) is 31.1 Å². The predicted octanol–water partition coefficient (Wildman–Crippen LogP) is 1.97. The third-order valence-electron chi connectivity index (χ3n) is 2.89. The smallest absolute Gasteiger partial charge is 0.188 e. The van der Waals surface area contributed by atoms with E-state index >= 15 is 0 Å². The lowest BCUT2D eigenvalue weighted by Gasteiger charge is -2.20. The van der Waals surface area contributed by atoms with Gasteiger partial charge in [0.15, 0.2) is 5.96 Å². The van der Waals surface area contributed by atoms with Crippen molar-refractivity contribution < 1.29 is 0 Å². The molecule has 1 heterocycles. The molecule has 15 heavy (non-hydrogen) atoms. The fourth-order valence-corrected chi connectivity index (χ4v) is 2.84. The Kier molecular flexibility index (Phi) is 4.77. The van der Waals surface area contributed by atoms with Crippen molar-refractivity contribution in [1.29, 1.82) is 0 Å². The van der Waals surface area contributed by atoms with Crippen LogP contribution in [0.2, 0.25) is 0 Å². The van der Waals surface area contributed by atoms with Crippen molar-refractivity contribution in [3.05, 3.63) is 0 Å². The molecule has 1 saturated heterocycles. The normalized spacial score (nSPS) is 29.1. The van der Waals surface area contributed by atoms with E-state index in [1.807, 2.05) is 11.8 Å². The van der Waals surface area contributed by atoms with Gasteiger partial charge < -0.3 is 11.1 Å². The van der Waals surface area contributed by atoms with E-state index in [0.717, 1.165) is 13.0 Å². The summed E-state index contributed by atoms with van der Waals surface area (Å²) < 4.78 is 0.321. The maximum atomic E-state index is 5.82. The molecule has 0 aromatic carbocycles. The van der Waals surface area contributed by atoms with Crippen molar-refractivity contribution in [2.24, 2.45) is 10.7 Å². The lowest BCUT2D eigenvalue weighted by Crippen LogP contribution is -2.39. The van der Waals surface area contributed by atoms with E-state index in [1.54, 1.807) is 0 Å². The quantitative estimate of drug-likeness (QED) is 0.572. The number of nitrogens with two attached hydrogens (primary N) is 1. The van der Waals surface area contributed by atoms with Crippen molar-refractivity contribution in [1.82, 2.24) is 5.32 Å². The number of nitrogens with one attached hydrogen (secondary N) is 1. The van der Waals surface area contributed by atoms with Crippen LogP contribution < -0.4 is 11.1 Å². The summed E-state index contributed by atoms with van der Waals surface area (Å²) in [5.41, 5.74) is 5.82. The van der Waals surface area contributed by atoms with Crippen LogP contribution in [0.5, 0.6) is 0 Å². The third kappa shape index (κ3) is 4.33. The molecule has 3 nitrogen and oxygen atoms in total. The van der Waals surface area contributed by atoms with Gasteiger partial charge in [-0.1, -0.05) is 6.92 Å². The summed E-state index contributed by atoms with van der Waals surface area (Å²) >= 11 is 2.02. The summed E-state index contributed by atoms with van der Waals surface area (Å²) in [5, 5.41) is 3.19. The molecule has 4 heteroatoms.